The van der Waals surface area contributed by atoms with E-state index >= 15 is 0 Å². The molecule has 1 saturated carbocycles. The maximum Gasteiger partial charge on any atom is 0.223 e. The Labute approximate surface area is 155 Å². The van der Waals surface area contributed by atoms with Crippen molar-refractivity contribution in [1.29, 1.82) is 0 Å². The molecule has 3 rings (SSSR count). The van der Waals surface area contributed by atoms with Crippen LogP contribution in [0, 0.1) is 17.8 Å². The van der Waals surface area contributed by atoms with Gasteiger partial charge in [0.1, 0.15) is 0 Å². The number of nitrogens with one attached hydrogen (secondary N) is 3. The van der Waals surface area contributed by atoms with Crippen LogP contribution in [0.5, 0.6) is 0 Å². The summed E-state index contributed by atoms with van der Waals surface area (Å²) in [5.41, 5.74) is 1.95. The van der Waals surface area contributed by atoms with Crippen molar-refractivity contribution in [3.8, 4) is 0 Å². The zero-order valence-electron chi connectivity index (χ0n) is 15.9. The van der Waals surface area contributed by atoms with Crippen molar-refractivity contribution in [3.05, 3.63) is 11.4 Å². The summed E-state index contributed by atoms with van der Waals surface area (Å²) in [5, 5.41) is 17.1. The molecular formula is C19H31N5O2. The molecule has 26 heavy (non-hydrogen) atoms. The number of hydrogen-bond acceptors (Lipinski definition) is 4. The highest BCUT2D eigenvalue weighted by atomic mass is 16.2. The van der Waals surface area contributed by atoms with Crippen molar-refractivity contribution in [2.24, 2.45) is 17.8 Å². The number of H-pyrrole nitrogens is 1. The number of aromatic nitrogens is 3. The Kier molecular flexibility index (Phi) is 6.27. The van der Waals surface area contributed by atoms with E-state index in [0.717, 1.165) is 62.9 Å². The quantitative estimate of drug-likeness (QED) is 0.657. The molecule has 2 unspecified atom stereocenters. The van der Waals surface area contributed by atoms with Crippen LogP contribution in [0.2, 0.25) is 0 Å². The van der Waals surface area contributed by atoms with Crippen LogP contribution in [0.3, 0.4) is 0 Å². The lowest BCUT2D eigenvalue weighted by Crippen LogP contribution is -2.48. The predicted octanol–water partition coefficient (Wildman–Crippen LogP) is 1.75. The Morgan fingerprint density at radius 3 is 2.81 bits per heavy atom. The summed E-state index contributed by atoms with van der Waals surface area (Å²) in [4.78, 5) is 24.3. The maximum absolute atomic E-state index is 12.5. The number of nitrogens with zero attached hydrogens (tertiary/aromatic N) is 2. The molecule has 7 nitrogen and oxygen atoms in total. The van der Waals surface area contributed by atoms with Gasteiger partial charge in [0.05, 0.1) is 11.4 Å². The van der Waals surface area contributed by atoms with Crippen LogP contribution in [-0.2, 0) is 22.4 Å². The third-order valence-corrected chi connectivity index (χ3v) is 5.85. The molecule has 0 bridgehead atoms. The number of fused-ring (bicyclic) bond motifs is 1. The van der Waals surface area contributed by atoms with Crippen LogP contribution < -0.4 is 10.6 Å². The van der Waals surface area contributed by atoms with Gasteiger partial charge in [-0.2, -0.15) is 15.4 Å². The van der Waals surface area contributed by atoms with Gasteiger partial charge in [0.2, 0.25) is 11.8 Å². The molecule has 1 heterocycles. The first kappa shape index (κ1) is 18.9. The number of aromatic amines is 1. The SMILES string of the molecule is CCCC(C)C(=O)NCCC1CC(NC(=O)C2CCc3n[nH]nc3C2)C1. The molecular weight excluding hydrogens is 330 g/mol. The normalized spacial score (nSPS) is 25.7. The summed E-state index contributed by atoms with van der Waals surface area (Å²) in [5.74, 6) is 1.06. The highest BCUT2D eigenvalue weighted by Crippen LogP contribution is 2.31. The first-order chi connectivity index (χ1) is 12.6. The summed E-state index contributed by atoms with van der Waals surface area (Å²) >= 11 is 0. The van der Waals surface area contributed by atoms with E-state index in [-0.39, 0.29) is 23.7 Å². The van der Waals surface area contributed by atoms with Crippen molar-refractivity contribution >= 4 is 11.8 Å². The zero-order valence-corrected chi connectivity index (χ0v) is 15.9. The van der Waals surface area contributed by atoms with Crippen molar-refractivity contribution in [3.63, 3.8) is 0 Å². The van der Waals surface area contributed by atoms with Crippen LogP contribution in [0.1, 0.15) is 63.8 Å². The second kappa shape index (κ2) is 8.64. The van der Waals surface area contributed by atoms with Gasteiger partial charge in [0.25, 0.3) is 0 Å². The second-order valence-corrected chi connectivity index (χ2v) is 7.97. The molecule has 0 saturated heterocycles. The van der Waals surface area contributed by atoms with Crippen LogP contribution in [0.25, 0.3) is 0 Å². The third kappa shape index (κ3) is 4.62. The molecule has 0 aromatic carbocycles. The molecule has 2 aliphatic rings. The van der Waals surface area contributed by atoms with Gasteiger partial charge >= 0.3 is 0 Å². The Hall–Kier alpha value is -1.92. The first-order valence-corrected chi connectivity index (χ1v) is 10.0. The number of carbonyl (C=O) groups is 2. The maximum atomic E-state index is 12.5. The van der Waals surface area contributed by atoms with E-state index in [0.29, 0.717) is 18.4 Å². The Morgan fingerprint density at radius 2 is 2.04 bits per heavy atom. The monoisotopic (exact) mass is 361 g/mol. The number of amides is 2. The second-order valence-electron chi connectivity index (χ2n) is 7.97. The van der Waals surface area contributed by atoms with Crippen LogP contribution in [0.4, 0.5) is 0 Å². The molecule has 2 atom stereocenters. The average molecular weight is 361 g/mol. The number of carbonyl (C=O) groups excluding carboxylic acids is 2. The van der Waals surface area contributed by atoms with Gasteiger partial charge < -0.3 is 10.6 Å². The van der Waals surface area contributed by atoms with Gasteiger partial charge in [-0.1, -0.05) is 20.3 Å². The Balaban J connectivity index is 1.30. The van der Waals surface area contributed by atoms with E-state index < -0.39 is 0 Å². The minimum absolute atomic E-state index is 0.0194. The van der Waals surface area contributed by atoms with E-state index in [1.807, 2.05) is 6.92 Å². The fraction of sp³-hybridized carbons (Fsp3) is 0.789. The topological polar surface area (TPSA) is 99.8 Å². The molecule has 0 radical (unpaired) electrons. The van der Waals surface area contributed by atoms with Gasteiger partial charge in [-0.05, 0) is 44.4 Å². The van der Waals surface area contributed by atoms with Gasteiger partial charge in [-0.15, -0.1) is 0 Å². The highest BCUT2D eigenvalue weighted by molar-refractivity contribution is 5.79. The molecule has 0 spiro atoms. The van der Waals surface area contributed by atoms with Crippen molar-refractivity contribution < 1.29 is 9.59 Å². The average Bonchev–Trinajstić information content (AvgIpc) is 3.06. The predicted molar refractivity (Wildman–Crippen MR) is 98.3 cm³/mol. The van der Waals surface area contributed by atoms with Crippen LogP contribution in [0.15, 0.2) is 0 Å². The summed E-state index contributed by atoms with van der Waals surface area (Å²) in [7, 11) is 0. The molecule has 1 aromatic heterocycles. The van der Waals surface area contributed by atoms with E-state index in [1.165, 1.54) is 0 Å². The molecule has 2 amide bonds. The van der Waals surface area contributed by atoms with Gasteiger partial charge in [0.15, 0.2) is 0 Å². The Bertz CT molecular complexity index is 623. The van der Waals surface area contributed by atoms with E-state index in [1.54, 1.807) is 0 Å². The molecule has 2 aliphatic carbocycles. The minimum atomic E-state index is 0.0194. The van der Waals surface area contributed by atoms with Crippen LogP contribution in [-0.4, -0.2) is 39.8 Å². The van der Waals surface area contributed by atoms with E-state index in [4.69, 9.17) is 0 Å². The van der Waals surface area contributed by atoms with E-state index in [2.05, 4.69) is 33.0 Å². The number of aryl methyl sites for hydroxylation is 1. The van der Waals surface area contributed by atoms with Gasteiger partial charge in [-0.3, -0.25) is 9.59 Å². The first-order valence-electron chi connectivity index (χ1n) is 10.0. The molecule has 1 fully saturated rings. The van der Waals surface area contributed by atoms with E-state index in [9.17, 15) is 9.59 Å². The summed E-state index contributed by atoms with van der Waals surface area (Å²) in [6.07, 6.45) is 7.40. The Morgan fingerprint density at radius 1 is 1.27 bits per heavy atom. The highest BCUT2D eigenvalue weighted by Gasteiger charge is 2.33. The van der Waals surface area contributed by atoms with Crippen molar-refractivity contribution in [2.75, 3.05) is 6.54 Å². The summed E-state index contributed by atoms with van der Waals surface area (Å²) in [6.45, 7) is 4.83. The molecule has 144 valence electrons. The fourth-order valence-electron chi connectivity index (χ4n) is 4.05. The van der Waals surface area contributed by atoms with Gasteiger partial charge in [-0.25, -0.2) is 0 Å². The minimum Gasteiger partial charge on any atom is -0.356 e. The molecule has 0 aliphatic heterocycles. The smallest absolute Gasteiger partial charge is 0.223 e. The lowest BCUT2D eigenvalue weighted by atomic mass is 9.77. The lowest BCUT2D eigenvalue weighted by molar-refractivity contribution is -0.127. The molecule has 3 N–H and O–H groups in total. The number of rotatable bonds is 8. The standard InChI is InChI=1S/C19H31N5O2/c1-3-4-12(2)18(25)20-8-7-13-9-15(10-13)21-19(26)14-5-6-16-17(11-14)23-24-22-16/h12-15H,3-11H2,1-2H3,(H,20,25)(H,21,26)(H,22,23,24). The number of hydrogen-bond donors (Lipinski definition) is 3. The lowest BCUT2D eigenvalue weighted by Gasteiger charge is -2.37. The largest absolute Gasteiger partial charge is 0.356 e. The van der Waals surface area contributed by atoms with Crippen molar-refractivity contribution in [1.82, 2.24) is 26.0 Å². The van der Waals surface area contributed by atoms with Crippen molar-refractivity contribution in [2.45, 2.75) is 71.3 Å². The summed E-state index contributed by atoms with van der Waals surface area (Å²) < 4.78 is 0. The zero-order chi connectivity index (χ0) is 18.5. The van der Waals surface area contributed by atoms with Gasteiger partial charge in [0, 0.05) is 30.8 Å². The van der Waals surface area contributed by atoms with Crippen LogP contribution >= 0.6 is 0 Å². The summed E-state index contributed by atoms with van der Waals surface area (Å²) in [6, 6.07) is 0.293. The fourth-order valence-corrected chi connectivity index (χ4v) is 4.05. The molecule has 7 heteroatoms. The third-order valence-electron chi connectivity index (χ3n) is 5.85. The molecule has 1 aromatic rings.